The van der Waals surface area contributed by atoms with Gasteiger partial charge in [-0.2, -0.15) is 5.26 Å². The molecule has 0 fully saturated rings. The topological polar surface area (TPSA) is 48.7 Å². The van der Waals surface area contributed by atoms with Gasteiger partial charge in [0.2, 0.25) is 0 Å². The van der Waals surface area contributed by atoms with Gasteiger partial charge in [-0.3, -0.25) is 0 Å². The number of nitriles is 1. The lowest BCUT2D eigenvalue weighted by atomic mass is 9.98. The second-order valence-corrected chi connectivity index (χ2v) is 4.11. The molecule has 1 heterocycles. The van der Waals surface area contributed by atoms with E-state index in [4.69, 9.17) is 5.26 Å². The van der Waals surface area contributed by atoms with E-state index in [1.807, 2.05) is 0 Å². The highest BCUT2D eigenvalue weighted by atomic mass is 15.0. The van der Waals surface area contributed by atoms with Crippen molar-refractivity contribution < 1.29 is 0 Å². The average molecular weight is 203 g/mol. The van der Waals surface area contributed by atoms with E-state index >= 15 is 0 Å². The zero-order chi connectivity index (χ0) is 11.3. The van der Waals surface area contributed by atoms with Gasteiger partial charge < -0.3 is 5.32 Å². The normalized spacial score (nSPS) is 12.2. The molecule has 1 atom stereocenters. The second-order valence-electron chi connectivity index (χ2n) is 4.11. The van der Waals surface area contributed by atoms with Crippen molar-refractivity contribution in [3.63, 3.8) is 0 Å². The number of nitrogens with one attached hydrogen (secondary N) is 1. The first-order valence-corrected chi connectivity index (χ1v) is 5.24. The number of hydrogen-bond donors (Lipinski definition) is 1. The number of hydrogen-bond acceptors (Lipinski definition) is 3. The molecular weight excluding hydrogens is 186 g/mol. The Balaban J connectivity index is 2.62. The molecule has 1 rings (SSSR count). The van der Waals surface area contributed by atoms with Crippen molar-refractivity contribution in [1.29, 1.82) is 5.26 Å². The van der Waals surface area contributed by atoms with Crippen LogP contribution in [0.5, 0.6) is 0 Å². The molecule has 0 spiro atoms. The van der Waals surface area contributed by atoms with Crippen LogP contribution in [0.15, 0.2) is 18.3 Å². The lowest BCUT2D eigenvalue weighted by Crippen LogP contribution is -2.17. The van der Waals surface area contributed by atoms with E-state index in [9.17, 15) is 0 Å². The van der Waals surface area contributed by atoms with Crippen molar-refractivity contribution >= 4 is 5.82 Å². The quantitative estimate of drug-likeness (QED) is 0.818. The molecule has 0 aliphatic heterocycles. The number of pyridine rings is 1. The Morgan fingerprint density at radius 2 is 2.20 bits per heavy atom. The van der Waals surface area contributed by atoms with Crippen molar-refractivity contribution in [3.8, 4) is 6.07 Å². The summed E-state index contributed by atoms with van der Waals surface area (Å²) in [5, 5.41) is 12.1. The van der Waals surface area contributed by atoms with Gasteiger partial charge in [-0.05, 0) is 24.0 Å². The monoisotopic (exact) mass is 203 g/mol. The first kappa shape index (κ1) is 11.5. The summed E-state index contributed by atoms with van der Waals surface area (Å²) in [4.78, 5) is 4.15. The van der Waals surface area contributed by atoms with Crippen LogP contribution >= 0.6 is 0 Å². The standard InChI is InChI=1S/C12H17N3/c1-9(2)10(3)8-15-12-11(7-13)5-4-6-14-12/h4-6,9-10H,8H2,1-3H3,(H,14,15). The largest absolute Gasteiger partial charge is 0.369 e. The van der Waals surface area contributed by atoms with E-state index in [0.717, 1.165) is 6.54 Å². The Morgan fingerprint density at radius 3 is 2.80 bits per heavy atom. The van der Waals surface area contributed by atoms with Crippen molar-refractivity contribution in [2.24, 2.45) is 11.8 Å². The number of anilines is 1. The molecule has 80 valence electrons. The molecule has 0 bridgehead atoms. The van der Waals surface area contributed by atoms with Crippen molar-refractivity contribution in [2.45, 2.75) is 20.8 Å². The van der Waals surface area contributed by atoms with E-state index in [1.54, 1.807) is 18.3 Å². The molecule has 0 amide bonds. The molecule has 0 aromatic carbocycles. The summed E-state index contributed by atoms with van der Waals surface area (Å²) in [6, 6.07) is 5.67. The van der Waals surface area contributed by atoms with Gasteiger partial charge >= 0.3 is 0 Å². The van der Waals surface area contributed by atoms with Crippen LogP contribution in [-0.2, 0) is 0 Å². The molecule has 0 saturated heterocycles. The fraction of sp³-hybridized carbons (Fsp3) is 0.500. The van der Waals surface area contributed by atoms with Crippen molar-refractivity contribution in [2.75, 3.05) is 11.9 Å². The minimum atomic E-state index is 0.568. The molecule has 3 heteroatoms. The van der Waals surface area contributed by atoms with Crippen LogP contribution in [0.1, 0.15) is 26.3 Å². The molecule has 0 aliphatic rings. The van der Waals surface area contributed by atoms with Gasteiger partial charge in [0.15, 0.2) is 0 Å². The van der Waals surface area contributed by atoms with Crippen LogP contribution in [0.3, 0.4) is 0 Å². The van der Waals surface area contributed by atoms with Gasteiger partial charge in [-0.25, -0.2) is 4.98 Å². The zero-order valence-corrected chi connectivity index (χ0v) is 9.49. The Labute approximate surface area is 91.1 Å². The van der Waals surface area contributed by atoms with Crippen molar-refractivity contribution in [3.05, 3.63) is 23.9 Å². The van der Waals surface area contributed by atoms with Crippen LogP contribution in [0.25, 0.3) is 0 Å². The fourth-order valence-electron chi connectivity index (χ4n) is 1.13. The van der Waals surface area contributed by atoms with Crippen LogP contribution in [0, 0.1) is 23.2 Å². The van der Waals surface area contributed by atoms with Gasteiger partial charge in [-0.1, -0.05) is 20.8 Å². The molecule has 1 unspecified atom stereocenters. The van der Waals surface area contributed by atoms with Crippen molar-refractivity contribution in [1.82, 2.24) is 4.98 Å². The zero-order valence-electron chi connectivity index (χ0n) is 9.49. The number of rotatable bonds is 4. The van der Waals surface area contributed by atoms with E-state index in [2.05, 4.69) is 37.1 Å². The molecule has 0 saturated carbocycles. The van der Waals surface area contributed by atoms with E-state index in [0.29, 0.717) is 23.2 Å². The highest BCUT2D eigenvalue weighted by Gasteiger charge is 2.08. The number of nitrogens with zero attached hydrogens (tertiary/aromatic N) is 2. The molecule has 1 aromatic heterocycles. The van der Waals surface area contributed by atoms with Gasteiger partial charge in [0.1, 0.15) is 11.9 Å². The molecule has 3 nitrogen and oxygen atoms in total. The predicted molar refractivity (Wildman–Crippen MR) is 61.4 cm³/mol. The summed E-state index contributed by atoms with van der Waals surface area (Å²) in [6.07, 6.45) is 1.70. The summed E-state index contributed by atoms with van der Waals surface area (Å²) in [7, 11) is 0. The van der Waals surface area contributed by atoms with Crippen LogP contribution in [-0.4, -0.2) is 11.5 Å². The molecule has 15 heavy (non-hydrogen) atoms. The van der Waals surface area contributed by atoms with Gasteiger partial charge in [-0.15, -0.1) is 0 Å². The maximum absolute atomic E-state index is 8.86. The highest BCUT2D eigenvalue weighted by Crippen LogP contribution is 2.13. The third-order valence-corrected chi connectivity index (χ3v) is 2.66. The van der Waals surface area contributed by atoms with Gasteiger partial charge in [0.05, 0.1) is 5.56 Å². The summed E-state index contributed by atoms with van der Waals surface area (Å²) < 4.78 is 0. The first-order valence-electron chi connectivity index (χ1n) is 5.24. The van der Waals surface area contributed by atoms with E-state index < -0.39 is 0 Å². The predicted octanol–water partition coefficient (Wildman–Crippen LogP) is 2.66. The smallest absolute Gasteiger partial charge is 0.143 e. The first-order chi connectivity index (χ1) is 7.15. The minimum absolute atomic E-state index is 0.568. The average Bonchev–Trinajstić information content (AvgIpc) is 2.26. The lowest BCUT2D eigenvalue weighted by Gasteiger charge is -2.16. The van der Waals surface area contributed by atoms with Crippen LogP contribution in [0.2, 0.25) is 0 Å². The molecular formula is C12H17N3. The molecule has 1 N–H and O–H groups in total. The van der Waals surface area contributed by atoms with Crippen LogP contribution in [0.4, 0.5) is 5.82 Å². The highest BCUT2D eigenvalue weighted by molar-refractivity contribution is 5.51. The maximum Gasteiger partial charge on any atom is 0.143 e. The summed E-state index contributed by atoms with van der Waals surface area (Å²) in [6.45, 7) is 7.42. The molecule has 0 radical (unpaired) electrons. The maximum atomic E-state index is 8.86. The summed E-state index contributed by atoms with van der Waals surface area (Å²) in [5.74, 6) is 1.89. The Kier molecular flexibility index (Phi) is 4.11. The number of aromatic nitrogens is 1. The minimum Gasteiger partial charge on any atom is -0.369 e. The Bertz CT molecular complexity index is 352. The fourth-order valence-corrected chi connectivity index (χ4v) is 1.13. The van der Waals surface area contributed by atoms with E-state index in [1.165, 1.54) is 0 Å². The summed E-state index contributed by atoms with van der Waals surface area (Å²) in [5.41, 5.74) is 0.605. The third-order valence-electron chi connectivity index (χ3n) is 2.66. The SMILES string of the molecule is CC(C)C(C)CNc1ncccc1C#N. The van der Waals surface area contributed by atoms with E-state index in [-0.39, 0.29) is 0 Å². The third kappa shape index (κ3) is 3.25. The molecule has 1 aromatic rings. The van der Waals surface area contributed by atoms with Gasteiger partial charge in [0.25, 0.3) is 0 Å². The molecule has 0 aliphatic carbocycles. The Hall–Kier alpha value is -1.56. The van der Waals surface area contributed by atoms with Gasteiger partial charge in [0, 0.05) is 12.7 Å². The van der Waals surface area contributed by atoms with Crippen LogP contribution < -0.4 is 5.32 Å². The lowest BCUT2D eigenvalue weighted by molar-refractivity contribution is 0.439. The Morgan fingerprint density at radius 1 is 1.47 bits per heavy atom. The second kappa shape index (κ2) is 5.35. The summed E-state index contributed by atoms with van der Waals surface area (Å²) >= 11 is 0.